The van der Waals surface area contributed by atoms with Gasteiger partial charge in [-0.3, -0.25) is 4.79 Å². The summed E-state index contributed by atoms with van der Waals surface area (Å²) >= 11 is 0. The third-order valence-corrected chi connectivity index (χ3v) is 4.97. The molecule has 0 aliphatic heterocycles. The molecule has 0 amide bonds. The Morgan fingerprint density at radius 2 is 1.68 bits per heavy atom. The van der Waals surface area contributed by atoms with Gasteiger partial charge in [0.1, 0.15) is 23.9 Å². The number of carbonyl (C=O) groups excluding carboxylic acids is 1. The van der Waals surface area contributed by atoms with E-state index in [1.165, 1.54) is 12.1 Å². The Bertz CT molecular complexity index is 1240. The number of ether oxygens (including phenoxy) is 2. The van der Waals surface area contributed by atoms with Crippen molar-refractivity contribution in [2.45, 2.75) is 6.61 Å². The summed E-state index contributed by atoms with van der Waals surface area (Å²) in [5, 5.41) is 2.13. The van der Waals surface area contributed by atoms with E-state index in [9.17, 15) is 9.18 Å². The molecule has 0 unspecified atom stereocenters. The molecule has 0 aliphatic rings. The van der Waals surface area contributed by atoms with Crippen molar-refractivity contribution in [1.29, 1.82) is 0 Å². The lowest BCUT2D eigenvalue weighted by Gasteiger charge is -2.11. The molecule has 154 valence electrons. The summed E-state index contributed by atoms with van der Waals surface area (Å²) in [4.78, 5) is 12.6. The maximum atomic E-state index is 13.1. The van der Waals surface area contributed by atoms with Gasteiger partial charge in [0.15, 0.2) is 5.78 Å². The second kappa shape index (κ2) is 9.26. The van der Waals surface area contributed by atoms with Crippen LogP contribution in [0, 0.1) is 5.82 Å². The third-order valence-electron chi connectivity index (χ3n) is 4.97. The van der Waals surface area contributed by atoms with Crippen LogP contribution in [0.1, 0.15) is 21.5 Å². The first-order valence-electron chi connectivity index (χ1n) is 9.89. The van der Waals surface area contributed by atoms with E-state index in [0.717, 1.165) is 21.9 Å². The molecule has 3 nitrogen and oxygen atoms in total. The fraction of sp³-hybridized carbons (Fsp3) is 0.0741. The highest BCUT2D eigenvalue weighted by Crippen LogP contribution is 2.23. The zero-order valence-electron chi connectivity index (χ0n) is 17.0. The molecular formula is C27H21FO3. The number of allylic oxidation sites excluding steroid dienone is 1. The Balaban J connectivity index is 1.50. The normalized spacial score (nSPS) is 11.0. The van der Waals surface area contributed by atoms with Crippen molar-refractivity contribution in [3.05, 3.63) is 114 Å². The van der Waals surface area contributed by atoms with Crippen LogP contribution >= 0.6 is 0 Å². The number of benzene rings is 4. The largest absolute Gasteiger partial charge is 0.496 e. The van der Waals surface area contributed by atoms with Crippen molar-refractivity contribution >= 4 is 22.6 Å². The second-order valence-electron chi connectivity index (χ2n) is 7.07. The Morgan fingerprint density at radius 1 is 0.903 bits per heavy atom. The van der Waals surface area contributed by atoms with E-state index in [0.29, 0.717) is 17.1 Å². The van der Waals surface area contributed by atoms with Crippen molar-refractivity contribution in [2.75, 3.05) is 7.11 Å². The molecule has 0 atom stereocenters. The number of methoxy groups -OCH3 is 1. The van der Waals surface area contributed by atoms with Crippen molar-refractivity contribution < 1.29 is 18.7 Å². The first kappa shape index (κ1) is 20.4. The highest BCUT2D eigenvalue weighted by molar-refractivity contribution is 6.08. The Hall–Kier alpha value is -3.92. The van der Waals surface area contributed by atoms with Crippen LogP contribution in [-0.4, -0.2) is 12.9 Å². The first-order chi connectivity index (χ1) is 15.1. The molecule has 4 heteroatoms. The molecule has 0 radical (unpaired) electrons. The second-order valence-corrected chi connectivity index (χ2v) is 7.07. The minimum Gasteiger partial charge on any atom is -0.496 e. The van der Waals surface area contributed by atoms with Crippen LogP contribution < -0.4 is 9.47 Å². The lowest BCUT2D eigenvalue weighted by molar-refractivity contribution is 0.104. The lowest BCUT2D eigenvalue weighted by atomic mass is 10.0. The van der Waals surface area contributed by atoms with E-state index in [2.05, 4.69) is 0 Å². The number of halogens is 1. The van der Waals surface area contributed by atoms with E-state index in [-0.39, 0.29) is 18.2 Å². The average Bonchev–Trinajstić information content (AvgIpc) is 2.82. The van der Waals surface area contributed by atoms with E-state index in [1.807, 2.05) is 60.7 Å². The lowest BCUT2D eigenvalue weighted by Crippen LogP contribution is -1.99. The highest BCUT2D eigenvalue weighted by atomic mass is 19.1. The molecule has 0 aliphatic carbocycles. The summed E-state index contributed by atoms with van der Waals surface area (Å²) in [5.74, 6) is 0.870. The van der Waals surface area contributed by atoms with Crippen molar-refractivity contribution in [3.8, 4) is 11.5 Å². The monoisotopic (exact) mass is 412 g/mol. The SMILES string of the molecule is COc1ccc(/C=C/C(=O)c2ccc3ccccc3c2)cc1COc1ccc(F)cc1. The minimum absolute atomic E-state index is 0.0642. The minimum atomic E-state index is -0.312. The summed E-state index contributed by atoms with van der Waals surface area (Å²) in [6.07, 6.45) is 3.34. The number of carbonyl (C=O) groups is 1. The van der Waals surface area contributed by atoms with Crippen LogP contribution in [-0.2, 0) is 6.61 Å². The van der Waals surface area contributed by atoms with Gasteiger partial charge in [0, 0.05) is 11.1 Å². The molecule has 0 fully saturated rings. The molecule has 0 heterocycles. The summed E-state index contributed by atoms with van der Waals surface area (Å²) in [6.45, 7) is 0.259. The van der Waals surface area contributed by atoms with Crippen LogP contribution in [0.25, 0.3) is 16.8 Å². The fourth-order valence-corrected chi connectivity index (χ4v) is 3.32. The molecule has 0 aromatic heterocycles. The van der Waals surface area contributed by atoms with Gasteiger partial charge in [-0.05, 0) is 64.9 Å². The summed E-state index contributed by atoms with van der Waals surface area (Å²) in [5.41, 5.74) is 2.32. The zero-order chi connectivity index (χ0) is 21.6. The molecule has 0 N–H and O–H groups in total. The molecular weight excluding hydrogens is 391 g/mol. The van der Waals surface area contributed by atoms with Crippen LogP contribution in [0.2, 0.25) is 0 Å². The molecule has 31 heavy (non-hydrogen) atoms. The van der Waals surface area contributed by atoms with Gasteiger partial charge in [-0.25, -0.2) is 4.39 Å². The molecule has 0 saturated carbocycles. The van der Waals surface area contributed by atoms with E-state index >= 15 is 0 Å². The molecule has 0 saturated heterocycles. The highest BCUT2D eigenvalue weighted by Gasteiger charge is 2.07. The number of hydrogen-bond donors (Lipinski definition) is 0. The van der Waals surface area contributed by atoms with Gasteiger partial charge >= 0.3 is 0 Å². The molecule has 4 aromatic carbocycles. The van der Waals surface area contributed by atoms with E-state index < -0.39 is 0 Å². The molecule has 4 aromatic rings. The number of fused-ring (bicyclic) bond motifs is 1. The maximum absolute atomic E-state index is 13.1. The van der Waals surface area contributed by atoms with Gasteiger partial charge in [0.25, 0.3) is 0 Å². The van der Waals surface area contributed by atoms with Crippen molar-refractivity contribution in [2.24, 2.45) is 0 Å². The van der Waals surface area contributed by atoms with Crippen LogP contribution in [0.3, 0.4) is 0 Å². The van der Waals surface area contributed by atoms with Gasteiger partial charge < -0.3 is 9.47 Å². The topological polar surface area (TPSA) is 35.5 Å². The van der Waals surface area contributed by atoms with Crippen LogP contribution in [0.15, 0.2) is 91.0 Å². The smallest absolute Gasteiger partial charge is 0.185 e. The molecule has 0 bridgehead atoms. The van der Waals surface area contributed by atoms with Gasteiger partial charge in [-0.1, -0.05) is 48.5 Å². The van der Waals surface area contributed by atoms with Gasteiger partial charge in [0.2, 0.25) is 0 Å². The number of hydrogen-bond acceptors (Lipinski definition) is 3. The van der Waals surface area contributed by atoms with Crippen LogP contribution in [0.4, 0.5) is 4.39 Å². The zero-order valence-corrected chi connectivity index (χ0v) is 17.0. The standard InChI is InChI=1S/C27H21FO3/c1-30-27-15-7-19(16-23(27)18-31-25-12-10-24(28)11-13-25)6-14-26(29)22-9-8-20-4-2-3-5-21(20)17-22/h2-17H,18H2,1H3/b14-6+. The predicted octanol–water partition coefficient (Wildman–Crippen LogP) is 6.46. The Labute approximate surface area is 180 Å². The van der Waals surface area contributed by atoms with Gasteiger partial charge in [-0.2, -0.15) is 0 Å². The summed E-state index contributed by atoms with van der Waals surface area (Å²) < 4.78 is 24.2. The van der Waals surface area contributed by atoms with Crippen molar-refractivity contribution in [3.63, 3.8) is 0 Å². The van der Waals surface area contributed by atoms with Crippen LogP contribution in [0.5, 0.6) is 11.5 Å². The Morgan fingerprint density at radius 3 is 2.45 bits per heavy atom. The first-order valence-corrected chi connectivity index (χ1v) is 9.89. The average molecular weight is 412 g/mol. The summed E-state index contributed by atoms with van der Waals surface area (Å²) in [7, 11) is 1.59. The fourth-order valence-electron chi connectivity index (χ4n) is 3.32. The maximum Gasteiger partial charge on any atom is 0.185 e. The third kappa shape index (κ3) is 4.98. The van der Waals surface area contributed by atoms with Gasteiger partial charge in [0.05, 0.1) is 7.11 Å². The Kier molecular flexibility index (Phi) is 6.08. The van der Waals surface area contributed by atoms with E-state index in [1.54, 1.807) is 31.4 Å². The quantitative estimate of drug-likeness (QED) is 0.258. The number of rotatable bonds is 7. The summed E-state index contributed by atoms with van der Waals surface area (Å²) in [6, 6.07) is 25.1. The molecule has 0 spiro atoms. The van der Waals surface area contributed by atoms with Gasteiger partial charge in [-0.15, -0.1) is 0 Å². The predicted molar refractivity (Wildman–Crippen MR) is 121 cm³/mol. The molecule has 4 rings (SSSR count). The number of ketones is 1. The van der Waals surface area contributed by atoms with E-state index in [4.69, 9.17) is 9.47 Å². The van der Waals surface area contributed by atoms with Crippen molar-refractivity contribution in [1.82, 2.24) is 0 Å².